The Kier molecular flexibility index (Phi) is 4.35. The number of halogens is 2. The highest BCUT2D eigenvalue weighted by molar-refractivity contribution is 9.10. The SMILES string of the molecule is COc1cc(Br)c(OCC2CCC(=O)N2)cc1Cl. The van der Waals surface area contributed by atoms with Crippen molar-refractivity contribution in [1.82, 2.24) is 5.32 Å². The maximum atomic E-state index is 11.1. The van der Waals surface area contributed by atoms with Crippen molar-refractivity contribution in [2.24, 2.45) is 0 Å². The van der Waals surface area contributed by atoms with Crippen molar-refractivity contribution in [1.29, 1.82) is 0 Å². The monoisotopic (exact) mass is 333 g/mol. The van der Waals surface area contributed by atoms with Crippen LogP contribution in [0, 0.1) is 0 Å². The predicted molar refractivity (Wildman–Crippen MR) is 72.4 cm³/mol. The number of amides is 1. The Labute approximate surface area is 119 Å². The molecule has 2 rings (SSSR count). The molecule has 1 aromatic rings. The smallest absolute Gasteiger partial charge is 0.220 e. The van der Waals surface area contributed by atoms with E-state index in [2.05, 4.69) is 21.2 Å². The molecule has 1 heterocycles. The van der Waals surface area contributed by atoms with E-state index in [9.17, 15) is 4.79 Å². The quantitative estimate of drug-likeness (QED) is 0.921. The first-order valence-corrected chi connectivity index (χ1v) is 6.72. The molecule has 1 N–H and O–H groups in total. The fraction of sp³-hybridized carbons (Fsp3) is 0.417. The van der Waals surface area contributed by atoms with Crippen LogP contribution in [0.2, 0.25) is 5.02 Å². The standard InChI is InChI=1S/C12H13BrClNO3/c1-17-11-4-8(13)10(5-9(11)14)18-6-7-2-3-12(16)15-7/h4-5,7H,2-3,6H2,1H3,(H,15,16). The Morgan fingerprint density at radius 2 is 2.28 bits per heavy atom. The molecular formula is C12H13BrClNO3. The lowest BCUT2D eigenvalue weighted by molar-refractivity contribution is -0.119. The summed E-state index contributed by atoms with van der Waals surface area (Å²) in [6, 6.07) is 3.52. The number of hydrogen-bond donors (Lipinski definition) is 1. The van der Waals surface area contributed by atoms with E-state index >= 15 is 0 Å². The van der Waals surface area contributed by atoms with Crippen LogP contribution in [0.3, 0.4) is 0 Å². The predicted octanol–water partition coefficient (Wildman–Crippen LogP) is 2.77. The molecule has 98 valence electrons. The van der Waals surface area contributed by atoms with E-state index < -0.39 is 0 Å². The lowest BCUT2D eigenvalue weighted by atomic mass is 10.2. The van der Waals surface area contributed by atoms with E-state index in [4.69, 9.17) is 21.1 Å². The number of nitrogens with one attached hydrogen (secondary N) is 1. The molecular weight excluding hydrogens is 321 g/mol. The summed E-state index contributed by atoms with van der Waals surface area (Å²) in [5.74, 6) is 1.31. The van der Waals surface area contributed by atoms with E-state index in [-0.39, 0.29) is 11.9 Å². The third kappa shape index (κ3) is 3.09. The molecule has 0 radical (unpaired) electrons. The molecule has 0 spiro atoms. The Hall–Kier alpha value is -0.940. The van der Waals surface area contributed by atoms with Crippen LogP contribution >= 0.6 is 27.5 Å². The van der Waals surface area contributed by atoms with Crippen LogP contribution in [0.15, 0.2) is 16.6 Å². The van der Waals surface area contributed by atoms with Crippen molar-refractivity contribution in [3.63, 3.8) is 0 Å². The zero-order valence-electron chi connectivity index (χ0n) is 9.83. The summed E-state index contributed by atoms with van der Waals surface area (Å²) in [4.78, 5) is 11.1. The van der Waals surface area contributed by atoms with Crippen molar-refractivity contribution >= 4 is 33.4 Å². The van der Waals surface area contributed by atoms with Crippen molar-refractivity contribution in [2.45, 2.75) is 18.9 Å². The summed E-state index contributed by atoms with van der Waals surface area (Å²) >= 11 is 9.42. The normalized spacial score (nSPS) is 18.6. The second-order valence-electron chi connectivity index (χ2n) is 4.03. The highest BCUT2D eigenvalue weighted by atomic mass is 79.9. The maximum Gasteiger partial charge on any atom is 0.220 e. The second-order valence-corrected chi connectivity index (χ2v) is 5.29. The zero-order chi connectivity index (χ0) is 13.1. The Morgan fingerprint density at radius 1 is 1.50 bits per heavy atom. The highest BCUT2D eigenvalue weighted by Gasteiger charge is 2.21. The minimum atomic E-state index is 0.0743. The number of benzene rings is 1. The largest absolute Gasteiger partial charge is 0.495 e. The van der Waals surface area contributed by atoms with Crippen LogP contribution in [0.25, 0.3) is 0 Å². The van der Waals surface area contributed by atoms with Crippen LogP contribution in [0.4, 0.5) is 0 Å². The molecule has 18 heavy (non-hydrogen) atoms. The molecule has 1 atom stereocenters. The fourth-order valence-corrected chi connectivity index (χ4v) is 2.44. The van der Waals surface area contributed by atoms with Gasteiger partial charge in [-0.25, -0.2) is 0 Å². The van der Waals surface area contributed by atoms with Gasteiger partial charge in [-0.15, -0.1) is 0 Å². The number of carbonyl (C=O) groups excluding carboxylic acids is 1. The van der Waals surface area contributed by atoms with Crippen molar-refractivity contribution in [3.05, 3.63) is 21.6 Å². The van der Waals surface area contributed by atoms with Gasteiger partial charge < -0.3 is 14.8 Å². The van der Waals surface area contributed by atoms with E-state index in [1.807, 2.05) is 0 Å². The average Bonchev–Trinajstić information content (AvgIpc) is 2.75. The fourth-order valence-electron chi connectivity index (χ4n) is 1.77. The summed E-state index contributed by atoms with van der Waals surface area (Å²) < 4.78 is 11.5. The van der Waals surface area contributed by atoms with Gasteiger partial charge in [0.1, 0.15) is 18.1 Å². The van der Waals surface area contributed by atoms with Crippen LogP contribution in [0.5, 0.6) is 11.5 Å². The van der Waals surface area contributed by atoms with Gasteiger partial charge in [-0.2, -0.15) is 0 Å². The van der Waals surface area contributed by atoms with Gasteiger partial charge in [0.15, 0.2) is 0 Å². The molecule has 0 bridgehead atoms. The minimum Gasteiger partial charge on any atom is -0.495 e. The molecule has 1 amide bonds. The maximum absolute atomic E-state index is 11.1. The Bertz CT molecular complexity index is 467. The molecule has 0 saturated carbocycles. The molecule has 1 aliphatic heterocycles. The topological polar surface area (TPSA) is 47.6 Å². The summed E-state index contributed by atoms with van der Waals surface area (Å²) in [7, 11) is 1.56. The van der Waals surface area contributed by atoms with Gasteiger partial charge in [-0.1, -0.05) is 11.6 Å². The van der Waals surface area contributed by atoms with E-state index in [0.717, 1.165) is 10.9 Å². The number of hydrogen-bond acceptors (Lipinski definition) is 3. The van der Waals surface area contributed by atoms with Gasteiger partial charge in [-0.05, 0) is 28.4 Å². The lowest BCUT2D eigenvalue weighted by Crippen LogP contribution is -2.30. The number of ether oxygens (including phenoxy) is 2. The summed E-state index contributed by atoms with van der Waals surface area (Å²) in [5, 5.41) is 3.34. The molecule has 1 saturated heterocycles. The van der Waals surface area contributed by atoms with Gasteiger partial charge in [0.25, 0.3) is 0 Å². The first kappa shape index (κ1) is 13.5. The lowest BCUT2D eigenvalue weighted by Gasteiger charge is -2.14. The van der Waals surface area contributed by atoms with Crippen molar-refractivity contribution in [2.75, 3.05) is 13.7 Å². The van der Waals surface area contributed by atoms with Gasteiger partial charge in [0, 0.05) is 12.5 Å². The summed E-state index contributed by atoms with van der Waals surface area (Å²) in [6.45, 7) is 0.437. The number of carbonyl (C=O) groups is 1. The summed E-state index contributed by atoms with van der Waals surface area (Å²) in [6.07, 6.45) is 1.37. The van der Waals surface area contributed by atoms with E-state index in [0.29, 0.717) is 29.5 Å². The third-order valence-electron chi connectivity index (χ3n) is 2.73. The first-order chi connectivity index (χ1) is 8.60. The zero-order valence-corrected chi connectivity index (χ0v) is 12.2. The molecule has 6 heteroatoms. The Balaban J connectivity index is 2.01. The summed E-state index contributed by atoms with van der Waals surface area (Å²) in [5.41, 5.74) is 0. The minimum absolute atomic E-state index is 0.0743. The van der Waals surface area contributed by atoms with Crippen LogP contribution < -0.4 is 14.8 Å². The molecule has 1 aromatic carbocycles. The second kappa shape index (κ2) is 5.80. The molecule has 4 nitrogen and oxygen atoms in total. The van der Waals surface area contributed by atoms with Gasteiger partial charge >= 0.3 is 0 Å². The van der Waals surface area contributed by atoms with Gasteiger partial charge in [0.05, 0.1) is 22.6 Å². The molecule has 0 aromatic heterocycles. The van der Waals surface area contributed by atoms with Crippen molar-refractivity contribution < 1.29 is 14.3 Å². The molecule has 1 unspecified atom stereocenters. The molecule has 0 aliphatic carbocycles. The molecule has 1 fully saturated rings. The van der Waals surface area contributed by atoms with Crippen LogP contribution in [0.1, 0.15) is 12.8 Å². The van der Waals surface area contributed by atoms with E-state index in [1.54, 1.807) is 19.2 Å². The van der Waals surface area contributed by atoms with Gasteiger partial charge in [-0.3, -0.25) is 4.79 Å². The van der Waals surface area contributed by atoms with Crippen LogP contribution in [-0.2, 0) is 4.79 Å². The third-order valence-corrected chi connectivity index (χ3v) is 3.65. The molecule has 1 aliphatic rings. The number of rotatable bonds is 4. The average molecular weight is 335 g/mol. The number of methoxy groups -OCH3 is 1. The van der Waals surface area contributed by atoms with Crippen molar-refractivity contribution in [3.8, 4) is 11.5 Å². The van der Waals surface area contributed by atoms with Crippen LogP contribution in [-0.4, -0.2) is 25.7 Å². The highest BCUT2D eigenvalue weighted by Crippen LogP contribution is 2.35. The first-order valence-electron chi connectivity index (χ1n) is 5.55. The Morgan fingerprint density at radius 3 is 2.89 bits per heavy atom. The van der Waals surface area contributed by atoms with E-state index in [1.165, 1.54) is 0 Å². The van der Waals surface area contributed by atoms with Gasteiger partial charge in [0.2, 0.25) is 5.91 Å².